The molecule has 2 nitrogen and oxygen atoms in total. The van der Waals surface area contributed by atoms with Crippen molar-refractivity contribution in [1.82, 2.24) is 0 Å². The van der Waals surface area contributed by atoms with Crippen molar-refractivity contribution in [3.63, 3.8) is 0 Å². The van der Waals surface area contributed by atoms with E-state index in [-0.39, 0.29) is 11.9 Å². The average molecular weight is 195 g/mol. The maximum absolute atomic E-state index is 13.0. The highest BCUT2D eigenvalue weighted by molar-refractivity contribution is 5.35. The molecule has 0 atom stereocenters. The van der Waals surface area contributed by atoms with Gasteiger partial charge in [-0.05, 0) is 43.0 Å². The average Bonchev–Trinajstić information content (AvgIpc) is 2.07. The molecule has 1 fully saturated rings. The fourth-order valence-corrected chi connectivity index (χ4v) is 2.13. The number of aliphatic hydroxyl groups is 1. The van der Waals surface area contributed by atoms with Crippen LogP contribution in [0.5, 0.6) is 0 Å². The van der Waals surface area contributed by atoms with E-state index in [9.17, 15) is 9.50 Å². The molecule has 3 N–H and O–H groups in total. The summed E-state index contributed by atoms with van der Waals surface area (Å²) in [6, 6.07) is 4.63. The van der Waals surface area contributed by atoms with Gasteiger partial charge in [-0.15, -0.1) is 0 Å². The predicted molar refractivity (Wildman–Crippen MR) is 52.2 cm³/mol. The van der Waals surface area contributed by atoms with Crippen LogP contribution in [0.2, 0.25) is 0 Å². The van der Waals surface area contributed by atoms with Crippen LogP contribution in [0.4, 0.5) is 4.39 Å². The van der Waals surface area contributed by atoms with Crippen LogP contribution in [0.15, 0.2) is 18.2 Å². The molecule has 14 heavy (non-hydrogen) atoms. The Kier molecular flexibility index (Phi) is 2.09. The van der Waals surface area contributed by atoms with Gasteiger partial charge in [-0.1, -0.05) is 6.07 Å². The lowest BCUT2D eigenvalue weighted by Crippen LogP contribution is -2.52. The Balaban J connectivity index is 2.36. The quantitative estimate of drug-likeness (QED) is 0.712. The van der Waals surface area contributed by atoms with Gasteiger partial charge in [0.15, 0.2) is 0 Å². The molecule has 2 rings (SSSR count). The fraction of sp³-hybridized carbons (Fsp3) is 0.455. The first-order chi connectivity index (χ1) is 6.51. The van der Waals surface area contributed by atoms with E-state index in [0.717, 1.165) is 11.1 Å². The minimum atomic E-state index is -0.522. The summed E-state index contributed by atoms with van der Waals surface area (Å²) in [6.07, 6.45) is 0.719. The van der Waals surface area contributed by atoms with Gasteiger partial charge >= 0.3 is 0 Å². The summed E-state index contributed by atoms with van der Waals surface area (Å²) in [5.74, 6) is -0.267. The Morgan fingerprint density at radius 3 is 2.71 bits per heavy atom. The summed E-state index contributed by atoms with van der Waals surface area (Å²) in [6.45, 7) is 1.91. The highest BCUT2D eigenvalue weighted by Crippen LogP contribution is 2.40. The summed E-state index contributed by atoms with van der Waals surface area (Å²) in [7, 11) is 0. The van der Waals surface area contributed by atoms with Crippen molar-refractivity contribution in [2.75, 3.05) is 0 Å². The predicted octanol–water partition coefficient (Wildman–Crippen LogP) is 1.44. The van der Waals surface area contributed by atoms with Gasteiger partial charge in [0.05, 0.1) is 6.10 Å². The molecule has 1 aromatic carbocycles. The molecule has 0 aromatic heterocycles. The molecule has 1 aliphatic rings. The first-order valence-corrected chi connectivity index (χ1v) is 4.75. The van der Waals surface area contributed by atoms with Crippen LogP contribution in [-0.2, 0) is 5.54 Å². The van der Waals surface area contributed by atoms with Crippen molar-refractivity contribution in [3.05, 3.63) is 35.1 Å². The molecule has 0 aliphatic heterocycles. The summed E-state index contributed by atoms with van der Waals surface area (Å²) < 4.78 is 13.0. The minimum absolute atomic E-state index is 0.267. The standard InChI is InChI=1S/C11H14FNO/c1-7-2-3-8(12)4-10(7)11(13)5-9(14)6-11/h2-4,9,14H,5-6,13H2,1H3. The topological polar surface area (TPSA) is 46.2 Å². The number of nitrogens with two attached hydrogens (primary N) is 1. The van der Waals surface area contributed by atoms with E-state index in [4.69, 9.17) is 5.73 Å². The van der Waals surface area contributed by atoms with Gasteiger partial charge in [0.1, 0.15) is 5.82 Å². The van der Waals surface area contributed by atoms with Crippen LogP contribution >= 0.6 is 0 Å². The Morgan fingerprint density at radius 2 is 2.14 bits per heavy atom. The first-order valence-electron chi connectivity index (χ1n) is 4.75. The summed E-state index contributed by atoms with van der Waals surface area (Å²) in [4.78, 5) is 0. The van der Waals surface area contributed by atoms with E-state index in [1.165, 1.54) is 12.1 Å². The molecule has 3 heteroatoms. The van der Waals surface area contributed by atoms with Crippen LogP contribution in [-0.4, -0.2) is 11.2 Å². The van der Waals surface area contributed by atoms with Gasteiger partial charge < -0.3 is 10.8 Å². The maximum Gasteiger partial charge on any atom is 0.123 e. The molecule has 0 saturated heterocycles. The third-order valence-corrected chi connectivity index (χ3v) is 2.94. The molecule has 76 valence electrons. The number of aryl methyl sites for hydroxylation is 1. The first kappa shape index (κ1) is 9.62. The lowest BCUT2D eigenvalue weighted by Gasteiger charge is -2.43. The van der Waals surface area contributed by atoms with Crippen molar-refractivity contribution >= 4 is 0 Å². The molecule has 0 heterocycles. The molecule has 0 spiro atoms. The molecular weight excluding hydrogens is 181 g/mol. The van der Waals surface area contributed by atoms with Crippen LogP contribution in [0.25, 0.3) is 0 Å². The second-order valence-electron chi connectivity index (χ2n) is 4.18. The second kappa shape index (κ2) is 3.04. The number of benzene rings is 1. The van der Waals surface area contributed by atoms with Crippen LogP contribution < -0.4 is 5.73 Å². The van der Waals surface area contributed by atoms with E-state index in [0.29, 0.717) is 12.8 Å². The van der Waals surface area contributed by atoms with E-state index in [1.807, 2.05) is 6.92 Å². The molecule has 0 amide bonds. The van der Waals surface area contributed by atoms with Gasteiger partial charge in [-0.3, -0.25) is 0 Å². The van der Waals surface area contributed by atoms with Gasteiger partial charge in [0.2, 0.25) is 0 Å². The number of aliphatic hydroxyl groups excluding tert-OH is 1. The lowest BCUT2D eigenvalue weighted by atomic mass is 9.69. The zero-order valence-corrected chi connectivity index (χ0v) is 8.13. The molecule has 1 aromatic rings. The van der Waals surface area contributed by atoms with E-state index >= 15 is 0 Å². The zero-order valence-electron chi connectivity index (χ0n) is 8.13. The van der Waals surface area contributed by atoms with Crippen molar-refractivity contribution in [3.8, 4) is 0 Å². The summed E-state index contributed by atoms with van der Waals surface area (Å²) in [5, 5.41) is 9.23. The summed E-state index contributed by atoms with van der Waals surface area (Å²) >= 11 is 0. The molecule has 1 saturated carbocycles. The van der Waals surface area contributed by atoms with Gasteiger partial charge in [0.25, 0.3) is 0 Å². The van der Waals surface area contributed by atoms with Gasteiger partial charge in [-0.25, -0.2) is 4.39 Å². The smallest absolute Gasteiger partial charge is 0.123 e. The van der Waals surface area contributed by atoms with Crippen molar-refractivity contribution in [1.29, 1.82) is 0 Å². The number of hydrogen-bond donors (Lipinski definition) is 2. The van der Waals surface area contributed by atoms with Gasteiger partial charge in [-0.2, -0.15) is 0 Å². The lowest BCUT2D eigenvalue weighted by molar-refractivity contribution is 0.0205. The van der Waals surface area contributed by atoms with Crippen LogP contribution in [0.1, 0.15) is 24.0 Å². The van der Waals surface area contributed by atoms with Crippen LogP contribution in [0.3, 0.4) is 0 Å². The largest absolute Gasteiger partial charge is 0.393 e. The Labute approximate surface area is 82.5 Å². The van der Waals surface area contributed by atoms with E-state index < -0.39 is 5.54 Å². The molecule has 0 unspecified atom stereocenters. The third kappa shape index (κ3) is 1.42. The van der Waals surface area contributed by atoms with E-state index in [2.05, 4.69) is 0 Å². The second-order valence-corrected chi connectivity index (χ2v) is 4.18. The maximum atomic E-state index is 13.0. The number of halogens is 1. The highest BCUT2D eigenvalue weighted by Gasteiger charge is 2.42. The van der Waals surface area contributed by atoms with Crippen molar-refractivity contribution < 1.29 is 9.50 Å². The van der Waals surface area contributed by atoms with Gasteiger partial charge in [0, 0.05) is 5.54 Å². The Hall–Kier alpha value is -0.930. The number of rotatable bonds is 1. The monoisotopic (exact) mass is 195 g/mol. The molecular formula is C11H14FNO. The molecule has 1 aliphatic carbocycles. The zero-order chi connectivity index (χ0) is 10.3. The number of hydrogen-bond acceptors (Lipinski definition) is 2. The van der Waals surface area contributed by atoms with E-state index in [1.54, 1.807) is 6.07 Å². The summed E-state index contributed by atoms with van der Waals surface area (Å²) in [5.41, 5.74) is 7.34. The molecule has 0 radical (unpaired) electrons. The van der Waals surface area contributed by atoms with Crippen LogP contribution in [0, 0.1) is 12.7 Å². The molecule has 0 bridgehead atoms. The van der Waals surface area contributed by atoms with Crippen molar-refractivity contribution in [2.45, 2.75) is 31.4 Å². The highest BCUT2D eigenvalue weighted by atomic mass is 19.1. The normalized spacial score (nSPS) is 31.3. The Morgan fingerprint density at radius 1 is 1.50 bits per heavy atom. The minimum Gasteiger partial charge on any atom is -0.393 e. The SMILES string of the molecule is Cc1ccc(F)cc1C1(N)CC(O)C1. The third-order valence-electron chi connectivity index (χ3n) is 2.94. The Bertz CT molecular complexity index is 358. The fourth-order valence-electron chi connectivity index (χ4n) is 2.13. The van der Waals surface area contributed by atoms with Crippen molar-refractivity contribution in [2.24, 2.45) is 5.73 Å².